The van der Waals surface area contributed by atoms with Crippen LogP contribution in [0.25, 0.3) is 5.69 Å². The van der Waals surface area contributed by atoms with E-state index in [9.17, 15) is 14.0 Å². The third-order valence-corrected chi connectivity index (χ3v) is 5.30. The molecule has 3 aliphatic heterocycles. The van der Waals surface area contributed by atoms with Crippen molar-refractivity contribution in [3.63, 3.8) is 0 Å². The fraction of sp³-hybridized carbons (Fsp3) is 0.389. The highest BCUT2D eigenvalue weighted by Gasteiger charge is 2.49. The molecule has 0 saturated carbocycles. The van der Waals surface area contributed by atoms with E-state index < -0.39 is 18.0 Å². The van der Waals surface area contributed by atoms with Crippen molar-refractivity contribution in [2.75, 3.05) is 11.4 Å². The Balaban J connectivity index is 1.53. The first-order valence-electron chi connectivity index (χ1n) is 8.85. The van der Waals surface area contributed by atoms with Crippen LogP contribution in [0.5, 0.6) is 5.75 Å². The minimum atomic E-state index is -0.534. The maximum atomic E-state index is 14.9. The van der Waals surface area contributed by atoms with Crippen molar-refractivity contribution in [3.8, 4) is 11.4 Å². The van der Waals surface area contributed by atoms with Crippen molar-refractivity contribution in [2.24, 2.45) is 0 Å². The maximum Gasteiger partial charge on any atom is 0.415 e. The van der Waals surface area contributed by atoms with E-state index in [0.717, 1.165) is 5.56 Å². The van der Waals surface area contributed by atoms with E-state index in [4.69, 9.17) is 9.47 Å². The molecule has 9 heteroatoms. The zero-order valence-corrected chi connectivity index (χ0v) is 14.6. The van der Waals surface area contributed by atoms with Gasteiger partial charge in [-0.05, 0) is 0 Å². The molecule has 140 valence electrons. The molecule has 0 aliphatic carbocycles. The van der Waals surface area contributed by atoms with Gasteiger partial charge in [-0.3, -0.25) is 14.3 Å². The Hall–Kier alpha value is -3.10. The second-order valence-corrected chi connectivity index (χ2v) is 6.76. The van der Waals surface area contributed by atoms with Crippen LogP contribution in [0, 0.1) is 5.82 Å². The zero-order chi connectivity index (χ0) is 18.7. The average molecular weight is 372 g/mol. The van der Waals surface area contributed by atoms with Crippen LogP contribution in [0.4, 0.5) is 14.9 Å². The fourth-order valence-corrected chi connectivity index (χ4v) is 4.01. The largest absolute Gasteiger partial charge is 0.483 e. The highest BCUT2D eigenvalue weighted by molar-refractivity contribution is 5.95. The van der Waals surface area contributed by atoms with E-state index >= 15 is 0 Å². The number of hydrogen-bond acceptors (Lipinski definition) is 5. The summed E-state index contributed by atoms with van der Waals surface area (Å²) in [5, 5.41) is 2.76. The molecule has 1 aromatic heterocycles. The average Bonchev–Trinajstić information content (AvgIpc) is 3.35. The standard InChI is InChI=1S/C18H17FN4O4/c1-2-15(24)21-7-13-12-5-9-11(23(12)18(25)27-13)6-10(19)16-17(9)26-8-14-20-3-4-22(14)16/h3-4,6,12-13H,2,5,7-8H2,1H3,(H,21,24)/t12-,13-/m0/s1. The van der Waals surface area contributed by atoms with Crippen molar-refractivity contribution in [2.45, 2.75) is 38.5 Å². The van der Waals surface area contributed by atoms with Gasteiger partial charge in [0.05, 0.1) is 18.3 Å². The van der Waals surface area contributed by atoms with Crippen molar-refractivity contribution in [1.82, 2.24) is 14.9 Å². The number of aromatic nitrogens is 2. The van der Waals surface area contributed by atoms with Crippen molar-refractivity contribution < 1.29 is 23.5 Å². The lowest BCUT2D eigenvalue weighted by Crippen LogP contribution is -2.40. The summed E-state index contributed by atoms with van der Waals surface area (Å²) in [5.41, 5.74) is 1.56. The summed E-state index contributed by atoms with van der Waals surface area (Å²) in [4.78, 5) is 29.6. The number of anilines is 1. The second kappa shape index (κ2) is 5.70. The second-order valence-electron chi connectivity index (χ2n) is 6.76. The molecule has 1 fully saturated rings. The van der Waals surface area contributed by atoms with Crippen LogP contribution in [0.1, 0.15) is 24.7 Å². The molecule has 0 bridgehead atoms. The highest BCUT2D eigenvalue weighted by Crippen LogP contribution is 2.47. The number of rotatable bonds is 3. The molecular formula is C18H17FN4O4. The number of benzene rings is 1. The number of amides is 2. The summed E-state index contributed by atoms with van der Waals surface area (Å²) in [7, 11) is 0. The molecule has 2 atom stereocenters. The van der Waals surface area contributed by atoms with E-state index in [0.29, 0.717) is 35.8 Å². The number of carbonyl (C=O) groups excluding carboxylic acids is 2. The van der Waals surface area contributed by atoms with Crippen molar-refractivity contribution in [3.05, 3.63) is 35.7 Å². The van der Waals surface area contributed by atoms with Crippen molar-refractivity contribution in [1.29, 1.82) is 0 Å². The van der Waals surface area contributed by atoms with Gasteiger partial charge in [-0.1, -0.05) is 6.92 Å². The number of halogens is 1. The van der Waals surface area contributed by atoms with Gasteiger partial charge < -0.3 is 14.8 Å². The molecule has 0 radical (unpaired) electrons. The Morgan fingerprint density at radius 2 is 2.33 bits per heavy atom. The van der Waals surface area contributed by atoms with Gasteiger partial charge in [0, 0.05) is 36.9 Å². The number of ether oxygens (including phenoxy) is 2. The summed E-state index contributed by atoms with van der Waals surface area (Å²) in [5.74, 6) is 0.465. The molecule has 8 nitrogen and oxygen atoms in total. The zero-order valence-electron chi connectivity index (χ0n) is 14.6. The van der Waals surface area contributed by atoms with Crippen LogP contribution in [-0.2, 0) is 22.6 Å². The number of hydrogen-bond donors (Lipinski definition) is 1. The molecule has 0 spiro atoms. The molecule has 27 heavy (non-hydrogen) atoms. The van der Waals surface area contributed by atoms with E-state index in [1.165, 1.54) is 11.0 Å². The number of imidazole rings is 1. The Morgan fingerprint density at radius 1 is 1.48 bits per heavy atom. The Bertz CT molecular complexity index is 973. The van der Waals surface area contributed by atoms with Crippen LogP contribution in [-0.4, -0.2) is 40.2 Å². The first-order valence-corrected chi connectivity index (χ1v) is 8.85. The van der Waals surface area contributed by atoms with Crippen LogP contribution < -0.4 is 15.0 Å². The molecule has 5 rings (SSSR count). The van der Waals surface area contributed by atoms with E-state index in [2.05, 4.69) is 10.3 Å². The van der Waals surface area contributed by atoms with Crippen molar-refractivity contribution >= 4 is 17.7 Å². The molecule has 1 N–H and O–H groups in total. The molecule has 4 heterocycles. The van der Waals surface area contributed by atoms with Gasteiger partial charge in [0.25, 0.3) is 0 Å². The number of cyclic esters (lactones) is 1. The molecule has 3 aliphatic rings. The van der Waals surface area contributed by atoms with Crippen LogP contribution >= 0.6 is 0 Å². The summed E-state index contributed by atoms with van der Waals surface area (Å²) < 4.78 is 27.8. The van der Waals surface area contributed by atoms with Gasteiger partial charge in [-0.15, -0.1) is 0 Å². The fourth-order valence-electron chi connectivity index (χ4n) is 4.01. The summed E-state index contributed by atoms with van der Waals surface area (Å²) >= 11 is 0. The van der Waals surface area contributed by atoms with E-state index in [1.807, 2.05) is 0 Å². The Labute approximate surface area is 153 Å². The third kappa shape index (κ3) is 2.23. The van der Waals surface area contributed by atoms with Gasteiger partial charge in [-0.25, -0.2) is 14.2 Å². The van der Waals surface area contributed by atoms with Crippen LogP contribution in [0.15, 0.2) is 18.5 Å². The summed E-state index contributed by atoms with van der Waals surface area (Å²) in [6.07, 6.45) is 3.09. The van der Waals surface area contributed by atoms with E-state index in [-0.39, 0.29) is 25.1 Å². The SMILES string of the molecule is CCC(=O)NC[C@@H]1OC(=O)N2c3cc(F)c4c(c3C[C@@H]12)OCc1nccn1-4. The van der Waals surface area contributed by atoms with Gasteiger partial charge in [-0.2, -0.15) is 0 Å². The van der Waals surface area contributed by atoms with E-state index in [1.54, 1.807) is 23.9 Å². The Kier molecular flexibility index (Phi) is 3.40. The molecule has 2 aromatic rings. The first kappa shape index (κ1) is 16.1. The molecule has 2 amide bonds. The molecule has 0 unspecified atom stereocenters. The van der Waals surface area contributed by atoms with Gasteiger partial charge in [0.1, 0.15) is 18.4 Å². The highest BCUT2D eigenvalue weighted by atomic mass is 19.1. The lowest BCUT2D eigenvalue weighted by atomic mass is 10.0. The Morgan fingerprint density at radius 3 is 3.15 bits per heavy atom. The lowest BCUT2D eigenvalue weighted by Gasteiger charge is -2.23. The minimum Gasteiger partial charge on any atom is -0.483 e. The number of nitrogens with one attached hydrogen (secondary N) is 1. The summed E-state index contributed by atoms with van der Waals surface area (Å²) in [6.45, 7) is 2.22. The topological polar surface area (TPSA) is 85.7 Å². The molecule has 1 saturated heterocycles. The molecular weight excluding hydrogens is 355 g/mol. The van der Waals surface area contributed by atoms with Gasteiger partial charge in [0.2, 0.25) is 5.91 Å². The minimum absolute atomic E-state index is 0.112. The lowest BCUT2D eigenvalue weighted by molar-refractivity contribution is -0.121. The predicted octanol–water partition coefficient (Wildman–Crippen LogP) is 1.68. The number of nitrogens with zero attached hydrogens (tertiary/aromatic N) is 3. The number of carbonyl (C=O) groups is 2. The first-order chi connectivity index (χ1) is 13.1. The maximum absolute atomic E-state index is 14.9. The van der Waals surface area contributed by atoms with Crippen LogP contribution in [0.3, 0.4) is 0 Å². The summed E-state index contributed by atoms with van der Waals surface area (Å²) in [6, 6.07) is 1.05. The smallest absolute Gasteiger partial charge is 0.415 e. The number of fused-ring (bicyclic) bond motifs is 7. The molecule has 1 aromatic carbocycles. The normalized spacial score (nSPS) is 21.7. The van der Waals surface area contributed by atoms with Gasteiger partial charge >= 0.3 is 6.09 Å². The van der Waals surface area contributed by atoms with Crippen LogP contribution in [0.2, 0.25) is 0 Å². The quantitative estimate of drug-likeness (QED) is 0.886. The third-order valence-electron chi connectivity index (χ3n) is 5.30. The monoisotopic (exact) mass is 372 g/mol. The van der Waals surface area contributed by atoms with Gasteiger partial charge in [0.15, 0.2) is 17.4 Å². The predicted molar refractivity (Wildman–Crippen MR) is 91.4 cm³/mol.